The van der Waals surface area contributed by atoms with Crippen molar-refractivity contribution in [1.82, 2.24) is 8.97 Å². The lowest BCUT2D eigenvalue weighted by atomic mass is 10.0. The summed E-state index contributed by atoms with van der Waals surface area (Å²) in [6.07, 6.45) is 0. The summed E-state index contributed by atoms with van der Waals surface area (Å²) in [6.45, 7) is 0. The van der Waals surface area contributed by atoms with Crippen LogP contribution >= 0.6 is 0 Å². The van der Waals surface area contributed by atoms with Gasteiger partial charge in [0.2, 0.25) is 0 Å². The molecule has 0 atom stereocenters. The molecular weight excluding hydrogens is 571 g/mol. The normalized spacial score (nSPS) is 11.4. The van der Waals surface area contributed by atoms with Crippen LogP contribution in [0.4, 0.5) is 17.1 Å². The third-order valence-electron chi connectivity index (χ3n) is 9.10. The maximum absolute atomic E-state index is 2.43. The molecule has 0 amide bonds. The summed E-state index contributed by atoms with van der Waals surface area (Å²) in [5.41, 5.74) is 13.9. The molecule has 0 N–H and O–H groups in total. The van der Waals surface area contributed by atoms with Crippen molar-refractivity contribution >= 4 is 44.6 Å². The van der Waals surface area contributed by atoms with Gasteiger partial charge < -0.3 is 4.90 Å². The van der Waals surface area contributed by atoms with E-state index in [1.807, 2.05) is 0 Å². The van der Waals surface area contributed by atoms with E-state index in [4.69, 9.17) is 0 Å². The van der Waals surface area contributed by atoms with Crippen LogP contribution in [0.3, 0.4) is 0 Å². The highest BCUT2D eigenvalue weighted by Gasteiger charge is 2.26. The lowest BCUT2D eigenvalue weighted by Gasteiger charge is -2.26. The molecule has 0 saturated carbocycles. The van der Waals surface area contributed by atoms with Crippen LogP contribution in [-0.4, -0.2) is 8.97 Å². The second-order valence-electron chi connectivity index (χ2n) is 11.8. The van der Waals surface area contributed by atoms with Crippen LogP contribution in [0.25, 0.3) is 55.5 Å². The number of rotatable bonds is 6. The molecule has 0 aliphatic heterocycles. The average molecular weight is 602 g/mol. The van der Waals surface area contributed by atoms with Crippen molar-refractivity contribution in [2.45, 2.75) is 0 Å². The fraction of sp³-hybridized carbons (Fsp3) is 0. The maximum Gasteiger partial charge on any atom is 0.148 e. The number of hydrogen-bond donors (Lipinski definition) is 0. The highest BCUT2D eigenvalue weighted by atomic mass is 15.2. The molecule has 9 aromatic rings. The number of para-hydroxylation sites is 4. The Morgan fingerprint density at radius 1 is 0.340 bits per heavy atom. The molecule has 0 spiro atoms. The van der Waals surface area contributed by atoms with Crippen LogP contribution in [0.1, 0.15) is 0 Å². The van der Waals surface area contributed by atoms with Gasteiger partial charge in [-0.2, -0.15) is 0 Å². The summed E-state index contributed by atoms with van der Waals surface area (Å²) >= 11 is 0. The number of fused-ring (bicyclic) bond motifs is 5. The molecule has 222 valence electrons. The van der Waals surface area contributed by atoms with Crippen LogP contribution in [-0.2, 0) is 0 Å². The van der Waals surface area contributed by atoms with Crippen molar-refractivity contribution in [3.05, 3.63) is 188 Å². The number of benzene rings is 7. The molecule has 0 aliphatic carbocycles. The van der Waals surface area contributed by atoms with Gasteiger partial charge in [0, 0.05) is 22.4 Å². The maximum atomic E-state index is 2.43. The predicted molar refractivity (Wildman–Crippen MR) is 197 cm³/mol. The first kappa shape index (κ1) is 27.0. The minimum absolute atomic E-state index is 1.10. The van der Waals surface area contributed by atoms with E-state index in [2.05, 4.69) is 202 Å². The minimum atomic E-state index is 1.10. The van der Waals surface area contributed by atoms with Gasteiger partial charge in [-0.15, -0.1) is 0 Å². The van der Waals surface area contributed by atoms with Crippen molar-refractivity contribution in [2.75, 3.05) is 4.90 Å². The Hall–Kier alpha value is -6.32. The van der Waals surface area contributed by atoms with Gasteiger partial charge in [-0.05, 0) is 76.9 Å². The smallest absolute Gasteiger partial charge is 0.148 e. The van der Waals surface area contributed by atoms with Gasteiger partial charge in [0.25, 0.3) is 0 Å². The molecular formula is C44H31N3. The quantitative estimate of drug-likeness (QED) is 0.185. The number of aromatic nitrogens is 2. The topological polar surface area (TPSA) is 12.6 Å². The third kappa shape index (κ3) is 4.52. The molecule has 0 aliphatic rings. The molecule has 9 rings (SSSR count). The van der Waals surface area contributed by atoms with E-state index in [1.165, 1.54) is 44.2 Å². The van der Waals surface area contributed by atoms with Gasteiger partial charge in [-0.25, -0.2) is 0 Å². The van der Waals surface area contributed by atoms with Gasteiger partial charge in [0.05, 0.1) is 22.2 Å². The lowest BCUT2D eigenvalue weighted by Crippen LogP contribution is -2.11. The first-order valence-corrected chi connectivity index (χ1v) is 16.0. The Bertz CT molecular complexity index is 2390. The Balaban J connectivity index is 1.35. The Labute approximate surface area is 273 Å². The molecule has 3 nitrogen and oxygen atoms in total. The second kappa shape index (κ2) is 11.2. The lowest BCUT2D eigenvalue weighted by molar-refractivity contribution is 1.14. The van der Waals surface area contributed by atoms with Crippen molar-refractivity contribution in [1.29, 1.82) is 0 Å². The summed E-state index contributed by atoms with van der Waals surface area (Å²) in [6, 6.07) is 67.3. The summed E-state index contributed by atoms with van der Waals surface area (Å²) < 4.78 is 4.84. The van der Waals surface area contributed by atoms with Crippen molar-refractivity contribution < 1.29 is 0 Å². The van der Waals surface area contributed by atoms with E-state index in [9.17, 15) is 0 Å². The SMILES string of the molecule is c1ccc(-c2ccc(N(c3ccc(-c4ccccc4)cc3)c3c4ccccc4n4c5ccccc5n(-c5ccccc5)c34)cc2)cc1. The number of imidazole rings is 1. The van der Waals surface area contributed by atoms with Crippen LogP contribution in [0.5, 0.6) is 0 Å². The first-order valence-electron chi connectivity index (χ1n) is 16.0. The molecule has 2 aromatic heterocycles. The molecule has 0 bridgehead atoms. The van der Waals surface area contributed by atoms with Crippen molar-refractivity contribution in [2.24, 2.45) is 0 Å². The summed E-state index contributed by atoms with van der Waals surface area (Å²) in [5, 5.41) is 1.19. The molecule has 47 heavy (non-hydrogen) atoms. The van der Waals surface area contributed by atoms with Crippen molar-refractivity contribution in [3.8, 4) is 27.9 Å². The van der Waals surface area contributed by atoms with Crippen molar-refractivity contribution in [3.63, 3.8) is 0 Å². The van der Waals surface area contributed by atoms with E-state index in [0.29, 0.717) is 0 Å². The van der Waals surface area contributed by atoms with E-state index in [0.717, 1.165) is 28.4 Å². The summed E-state index contributed by atoms with van der Waals surface area (Å²) in [5.74, 6) is 0. The van der Waals surface area contributed by atoms with E-state index >= 15 is 0 Å². The summed E-state index contributed by atoms with van der Waals surface area (Å²) in [7, 11) is 0. The fourth-order valence-electron chi connectivity index (χ4n) is 6.95. The van der Waals surface area contributed by atoms with Gasteiger partial charge in [0.1, 0.15) is 5.65 Å². The summed E-state index contributed by atoms with van der Waals surface area (Å²) in [4.78, 5) is 2.43. The van der Waals surface area contributed by atoms with Gasteiger partial charge in [-0.3, -0.25) is 8.97 Å². The minimum Gasteiger partial charge on any atom is -0.307 e. The highest BCUT2D eigenvalue weighted by Crippen LogP contribution is 2.46. The van der Waals surface area contributed by atoms with E-state index in [1.54, 1.807) is 0 Å². The Morgan fingerprint density at radius 2 is 0.766 bits per heavy atom. The Morgan fingerprint density at radius 3 is 1.32 bits per heavy atom. The fourth-order valence-corrected chi connectivity index (χ4v) is 6.95. The van der Waals surface area contributed by atoms with Crippen LogP contribution in [0, 0.1) is 0 Å². The van der Waals surface area contributed by atoms with Crippen LogP contribution in [0.15, 0.2) is 188 Å². The van der Waals surface area contributed by atoms with E-state index < -0.39 is 0 Å². The zero-order chi connectivity index (χ0) is 31.2. The first-order chi connectivity index (χ1) is 23.3. The van der Waals surface area contributed by atoms with Gasteiger partial charge in [0.15, 0.2) is 0 Å². The van der Waals surface area contributed by atoms with Crippen LogP contribution < -0.4 is 4.90 Å². The Kier molecular flexibility index (Phi) is 6.46. The second-order valence-corrected chi connectivity index (χ2v) is 11.8. The zero-order valence-corrected chi connectivity index (χ0v) is 25.7. The highest BCUT2D eigenvalue weighted by molar-refractivity contribution is 6.11. The molecule has 0 fully saturated rings. The van der Waals surface area contributed by atoms with Gasteiger partial charge >= 0.3 is 0 Å². The third-order valence-corrected chi connectivity index (χ3v) is 9.10. The monoisotopic (exact) mass is 601 g/mol. The molecule has 0 unspecified atom stereocenters. The van der Waals surface area contributed by atoms with E-state index in [-0.39, 0.29) is 0 Å². The van der Waals surface area contributed by atoms with Gasteiger partial charge in [-0.1, -0.05) is 133 Å². The zero-order valence-electron chi connectivity index (χ0n) is 25.7. The largest absolute Gasteiger partial charge is 0.307 e. The average Bonchev–Trinajstić information content (AvgIpc) is 3.66. The van der Waals surface area contributed by atoms with Crippen LogP contribution in [0.2, 0.25) is 0 Å². The molecule has 0 saturated heterocycles. The molecule has 2 heterocycles. The predicted octanol–water partition coefficient (Wildman–Crippen LogP) is 11.8. The molecule has 0 radical (unpaired) electrons. The number of nitrogens with zero attached hydrogens (tertiary/aromatic N) is 3. The molecule has 3 heteroatoms. The number of hydrogen-bond acceptors (Lipinski definition) is 1. The standard InChI is InChI=1S/C44H31N3/c1-4-14-32(15-5-1)34-24-28-37(29-25-34)45(38-30-26-35(27-31-38)33-16-6-2-7-17-33)43-39-20-10-11-21-40(39)47-42-23-13-12-22-41(42)46(44(43)47)36-18-8-3-9-19-36/h1-31H. The molecule has 7 aromatic carbocycles. The number of anilines is 3.